The molecule has 0 saturated heterocycles. The Kier molecular flexibility index (Phi) is 3.67. The highest BCUT2D eigenvalue weighted by molar-refractivity contribution is 7.96. The number of carbonyl (C=O) groups excluding carboxylic acids is 1. The van der Waals surface area contributed by atoms with E-state index in [-0.39, 0.29) is 0 Å². The minimum atomic E-state index is 0.617. The molecule has 0 fully saturated rings. The van der Waals surface area contributed by atoms with Gasteiger partial charge in [-0.05, 0) is 5.56 Å². The predicted molar refractivity (Wildman–Crippen MR) is 51.2 cm³/mol. The molecular weight excluding hydrogens is 170 g/mol. The molecule has 1 aromatic carbocycles. The molecule has 0 saturated carbocycles. The van der Waals surface area contributed by atoms with Gasteiger partial charge >= 0.3 is 6.41 Å². The highest BCUT2D eigenvalue weighted by atomic mass is 32.2. The maximum atomic E-state index is 10.3. The number of rotatable bonds is 4. The van der Waals surface area contributed by atoms with Crippen LogP contribution in [0.4, 0.5) is 0 Å². The highest BCUT2D eigenvalue weighted by Crippen LogP contribution is 2.08. The van der Waals surface area contributed by atoms with Crippen molar-refractivity contribution in [1.29, 1.82) is 0 Å². The number of hydrogen-bond donors (Lipinski definition) is 0. The third-order valence-electron chi connectivity index (χ3n) is 1.49. The molecule has 0 unspecified atom stereocenters. The van der Waals surface area contributed by atoms with Crippen LogP contribution in [0.25, 0.3) is 0 Å². The summed E-state index contributed by atoms with van der Waals surface area (Å²) in [5.41, 5.74) is 1.12. The normalized spacial score (nSPS) is 9.42. The van der Waals surface area contributed by atoms with Crippen molar-refractivity contribution in [2.45, 2.75) is 6.54 Å². The Bertz CT molecular complexity index is 238. The van der Waals surface area contributed by atoms with Crippen molar-refractivity contribution < 1.29 is 4.79 Å². The maximum Gasteiger partial charge on any atom is 0.323 e. The first-order valence-corrected chi connectivity index (χ1v) is 4.78. The third kappa shape index (κ3) is 2.58. The molecule has 63 valence electrons. The van der Waals surface area contributed by atoms with E-state index in [1.807, 2.05) is 43.0 Å². The standard InChI is InChI=1S/C9H10NOS/c1-12-10(8-11)7-9-5-3-2-4-6-9/h2-6H,7H2,1H3. The van der Waals surface area contributed by atoms with Crippen LogP contribution in [-0.2, 0) is 11.3 Å². The molecule has 0 N–H and O–H groups in total. The number of hydrogen-bond acceptors (Lipinski definition) is 2. The summed E-state index contributed by atoms with van der Waals surface area (Å²) < 4.78 is 1.52. The van der Waals surface area contributed by atoms with Crippen LogP contribution in [0.1, 0.15) is 5.56 Å². The molecule has 3 heteroatoms. The molecule has 1 aromatic rings. The average Bonchev–Trinajstić information content (AvgIpc) is 2.16. The first-order chi connectivity index (χ1) is 5.86. The second-order valence-corrected chi connectivity index (χ2v) is 3.10. The van der Waals surface area contributed by atoms with E-state index < -0.39 is 0 Å². The van der Waals surface area contributed by atoms with Crippen LogP contribution >= 0.6 is 11.9 Å². The molecule has 1 rings (SSSR count). The van der Waals surface area contributed by atoms with Crippen LogP contribution in [-0.4, -0.2) is 17.0 Å². The highest BCUT2D eigenvalue weighted by Gasteiger charge is 2.00. The lowest BCUT2D eigenvalue weighted by molar-refractivity contribution is 0.502. The molecule has 1 radical (unpaired) electrons. The second kappa shape index (κ2) is 4.83. The van der Waals surface area contributed by atoms with Crippen molar-refractivity contribution in [3.05, 3.63) is 35.9 Å². The van der Waals surface area contributed by atoms with Gasteiger partial charge in [0, 0.05) is 6.26 Å². The van der Waals surface area contributed by atoms with Crippen LogP contribution in [0.2, 0.25) is 0 Å². The molecule has 0 atom stereocenters. The van der Waals surface area contributed by atoms with Crippen molar-refractivity contribution >= 4 is 18.4 Å². The van der Waals surface area contributed by atoms with E-state index in [1.165, 1.54) is 16.3 Å². The Labute approximate surface area is 76.7 Å². The SMILES string of the molecule is CSN([C]=O)Cc1ccccc1. The summed E-state index contributed by atoms with van der Waals surface area (Å²) in [5.74, 6) is 0. The number of nitrogens with zero attached hydrogens (tertiary/aromatic N) is 1. The van der Waals surface area contributed by atoms with Gasteiger partial charge in [0.15, 0.2) is 0 Å². The van der Waals surface area contributed by atoms with E-state index >= 15 is 0 Å². The van der Waals surface area contributed by atoms with Crippen molar-refractivity contribution in [3.8, 4) is 0 Å². The Morgan fingerprint density at radius 1 is 1.42 bits per heavy atom. The van der Waals surface area contributed by atoms with Crippen LogP contribution < -0.4 is 0 Å². The topological polar surface area (TPSA) is 20.3 Å². The van der Waals surface area contributed by atoms with E-state index in [2.05, 4.69) is 0 Å². The Morgan fingerprint density at radius 3 is 2.58 bits per heavy atom. The zero-order chi connectivity index (χ0) is 8.81. The monoisotopic (exact) mass is 180 g/mol. The molecule has 0 aliphatic carbocycles. The fraction of sp³-hybridized carbons (Fsp3) is 0.222. The molecular formula is C9H10NOS. The van der Waals surface area contributed by atoms with E-state index in [0.29, 0.717) is 6.54 Å². The van der Waals surface area contributed by atoms with Crippen molar-refractivity contribution in [2.75, 3.05) is 6.26 Å². The molecule has 0 aromatic heterocycles. The van der Waals surface area contributed by atoms with Crippen molar-refractivity contribution in [2.24, 2.45) is 0 Å². The minimum Gasteiger partial charge on any atom is -0.274 e. The average molecular weight is 180 g/mol. The van der Waals surface area contributed by atoms with E-state index in [4.69, 9.17) is 0 Å². The lowest BCUT2D eigenvalue weighted by atomic mass is 10.2. The van der Waals surface area contributed by atoms with Gasteiger partial charge in [0.2, 0.25) is 0 Å². The molecule has 0 aliphatic heterocycles. The Morgan fingerprint density at radius 2 is 2.08 bits per heavy atom. The largest absolute Gasteiger partial charge is 0.323 e. The van der Waals surface area contributed by atoms with Crippen LogP contribution in [0, 0.1) is 0 Å². The lowest BCUT2D eigenvalue weighted by Crippen LogP contribution is -2.11. The molecule has 12 heavy (non-hydrogen) atoms. The van der Waals surface area contributed by atoms with Gasteiger partial charge in [-0.15, -0.1) is 0 Å². The van der Waals surface area contributed by atoms with Crippen molar-refractivity contribution in [1.82, 2.24) is 4.31 Å². The maximum absolute atomic E-state index is 10.3. The fourth-order valence-corrected chi connectivity index (χ4v) is 1.24. The zero-order valence-electron chi connectivity index (χ0n) is 6.86. The summed E-state index contributed by atoms with van der Waals surface area (Å²) in [5, 5.41) is 0. The first-order valence-electron chi connectivity index (χ1n) is 3.60. The van der Waals surface area contributed by atoms with Gasteiger partial charge < -0.3 is 0 Å². The summed E-state index contributed by atoms with van der Waals surface area (Å²) in [6.45, 7) is 0.617. The van der Waals surface area contributed by atoms with Crippen molar-refractivity contribution in [3.63, 3.8) is 0 Å². The summed E-state index contributed by atoms with van der Waals surface area (Å²) in [6.07, 6.45) is 3.70. The zero-order valence-corrected chi connectivity index (χ0v) is 7.67. The van der Waals surface area contributed by atoms with Crippen LogP contribution in [0.5, 0.6) is 0 Å². The molecule has 1 amide bonds. The molecule has 0 bridgehead atoms. The predicted octanol–water partition coefficient (Wildman–Crippen LogP) is 1.83. The lowest BCUT2D eigenvalue weighted by Gasteiger charge is -2.11. The number of amides is 1. The van der Waals surface area contributed by atoms with Gasteiger partial charge in [-0.25, -0.2) is 0 Å². The van der Waals surface area contributed by atoms with E-state index in [1.54, 1.807) is 0 Å². The Hall–Kier alpha value is -0.960. The summed E-state index contributed by atoms with van der Waals surface area (Å²) in [6, 6.07) is 9.84. The van der Waals surface area contributed by atoms with Gasteiger partial charge in [0.1, 0.15) is 0 Å². The van der Waals surface area contributed by atoms with Gasteiger partial charge in [-0.3, -0.25) is 9.10 Å². The molecule has 0 spiro atoms. The summed E-state index contributed by atoms with van der Waals surface area (Å²) in [4.78, 5) is 10.3. The van der Waals surface area contributed by atoms with E-state index in [0.717, 1.165) is 5.56 Å². The van der Waals surface area contributed by atoms with E-state index in [9.17, 15) is 4.79 Å². The molecule has 0 aliphatic rings. The second-order valence-electron chi connectivity index (χ2n) is 2.30. The first kappa shape index (κ1) is 9.13. The smallest absolute Gasteiger partial charge is 0.274 e. The number of benzene rings is 1. The van der Waals surface area contributed by atoms with Gasteiger partial charge in [0.05, 0.1) is 6.54 Å². The Balaban J connectivity index is 2.56. The van der Waals surface area contributed by atoms with Crippen LogP contribution in [0.15, 0.2) is 30.3 Å². The van der Waals surface area contributed by atoms with Gasteiger partial charge in [-0.1, -0.05) is 42.3 Å². The minimum absolute atomic E-state index is 0.617. The molecule has 0 heterocycles. The summed E-state index contributed by atoms with van der Waals surface area (Å²) >= 11 is 1.37. The van der Waals surface area contributed by atoms with Crippen LogP contribution in [0.3, 0.4) is 0 Å². The fourth-order valence-electron chi connectivity index (χ4n) is 0.883. The quantitative estimate of drug-likeness (QED) is 0.520. The van der Waals surface area contributed by atoms with Gasteiger partial charge in [-0.2, -0.15) is 0 Å². The van der Waals surface area contributed by atoms with Gasteiger partial charge in [0.25, 0.3) is 0 Å². The third-order valence-corrected chi connectivity index (χ3v) is 2.14. The molecule has 2 nitrogen and oxygen atoms in total. The summed E-state index contributed by atoms with van der Waals surface area (Å²) in [7, 11) is 0.